The van der Waals surface area contributed by atoms with Gasteiger partial charge >= 0.3 is 0 Å². The SMILES string of the molecule is O=C(NCCN1CCC2(CC1)C(=O)NCN2c1ccccc1)c1ncc[nH]1. The molecule has 27 heavy (non-hydrogen) atoms. The summed E-state index contributed by atoms with van der Waals surface area (Å²) in [5.41, 5.74) is 0.616. The zero-order valence-corrected chi connectivity index (χ0v) is 15.1. The molecule has 1 aromatic heterocycles. The molecular formula is C19H24N6O2. The number of hydrogen-bond donors (Lipinski definition) is 3. The molecule has 2 aliphatic rings. The molecule has 0 unspecified atom stereocenters. The van der Waals surface area contributed by atoms with Gasteiger partial charge in [0.25, 0.3) is 5.91 Å². The normalized spacial score (nSPS) is 19.3. The van der Waals surface area contributed by atoms with Gasteiger partial charge in [0.2, 0.25) is 5.91 Å². The number of para-hydroxylation sites is 1. The molecule has 0 radical (unpaired) electrons. The lowest BCUT2D eigenvalue weighted by molar-refractivity contribution is -0.125. The minimum Gasteiger partial charge on any atom is -0.348 e. The van der Waals surface area contributed by atoms with Crippen LogP contribution in [0.25, 0.3) is 0 Å². The summed E-state index contributed by atoms with van der Waals surface area (Å²) in [6.45, 7) is 3.53. The third kappa shape index (κ3) is 3.40. The van der Waals surface area contributed by atoms with Crippen molar-refractivity contribution in [2.24, 2.45) is 0 Å². The number of H-pyrrole nitrogens is 1. The quantitative estimate of drug-likeness (QED) is 0.717. The molecule has 142 valence electrons. The molecule has 4 rings (SSSR count). The Morgan fingerprint density at radius 2 is 2.00 bits per heavy atom. The highest BCUT2D eigenvalue weighted by Crippen LogP contribution is 2.35. The molecule has 0 saturated carbocycles. The minimum atomic E-state index is -0.463. The van der Waals surface area contributed by atoms with Gasteiger partial charge in [0.15, 0.2) is 5.82 Å². The van der Waals surface area contributed by atoms with Crippen molar-refractivity contribution in [2.75, 3.05) is 37.7 Å². The maximum absolute atomic E-state index is 12.6. The first-order chi connectivity index (χ1) is 13.2. The van der Waals surface area contributed by atoms with Crippen LogP contribution < -0.4 is 15.5 Å². The molecule has 0 aliphatic carbocycles. The van der Waals surface area contributed by atoms with E-state index in [0.717, 1.165) is 38.2 Å². The van der Waals surface area contributed by atoms with E-state index in [1.807, 2.05) is 18.2 Å². The summed E-state index contributed by atoms with van der Waals surface area (Å²) in [5, 5.41) is 5.89. The van der Waals surface area contributed by atoms with Gasteiger partial charge in [-0.25, -0.2) is 4.98 Å². The number of nitrogens with one attached hydrogen (secondary N) is 3. The number of amides is 2. The monoisotopic (exact) mass is 368 g/mol. The van der Waals surface area contributed by atoms with Crippen LogP contribution in [-0.2, 0) is 4.79 Å². The number of imidazole rings is 1. The molecule has 2 fully saturated rings. The number of carbonyl (C=O) groups is 2. The first kappa shape index (κ1) is 17.5. The molecular weight excluding hydrogens is 344 g/mol. The van der Waals surface area contributed by atoms with Crippen molar-refractivity contribution in [3.05, 3.63) is 48.5 Å². The Morgan fingerprint density at radius 3 is 2.70 bits per heavy atom. The summed E-state index contributed by atoms with van der Waals surface area (Å²) in [5.74, 6) is 0.254. The molecule has 8 heteroatoms. The Labute approximate surface area is 157 Å². The molecule has 2 aliphatic heterocycles. The number of hydrogen-bond acceptors (Lipinski definition) is 5. The van der Waals surface area contributed by atoms with Crippen LogP contribution in [0.4, 0.5) is 5.69 Å². The topological polar surface area (TPSA) is 93.4 Å². The van der Waals surface area contributed by atoms with E-state index in [2.05, 4.69) is 42.5 Å². The van der Waals surface area contributed by atoms with Gasteiger partial charge in [-0.1, -0.05) is 18.2 Å². The van der Waals surface area contributed by atoms with Crippen molar-refractivity contribution in [2.45, 2.75) is 18.4 Å². The van der Waals surface area contributed by atoms with Gasteiger partial charge in [0.05, 0.1) is 6.67 Å². The van der Waals surface area contributed by atoms with E-state index in [9.17, 15) is 9.59 Å². The fraction of sp³-hybridized carbons (Fsp3) is 0.421. The lowest BCUT2D eigenvalue weighted by Gasteiger charge is -2.43. The number of piperidine rings is 1. The minimum absolute atomic E-state index is 0.122. The van der Waals surface area contributed by atoms with Crippen molar-refractivity contribution in [3.63, 3.8) is 0 Å². The molecule has 0 atom stereocenters. The number of aromatic amines is 1. The predicted octanol–water partition coefficient (Wildman–Crippen LogP) is 0.568. The smallest absolute Gasteiger partial charge is 0.287 e. The van der Waals surface area contributed by atoms with Gasteiger partial charge < -0.3 is 25.4 Å². The van der Waals surface area contributed by atoms with Crippen molar-refractivity contribution >= 4 is 17.5 Å². The molecule has 0 bridgehead atoms. The fourth-order valence-electron chi connectivity index (χ4n) is 3.98. The van der Waals surface area contributed by atoms with Crippen molar-refractivity contribution in [1.82, 2.24) is 25.5 Å². The average Bonchev–Trinajstić information content (AvgIpc) is 3.34. The van der Waals surface area contributed by atoms with Crippen molar-refractivity contribution < 1.29 is 9.59 Å². The number of likely N-dealkylation sites (tertiary alicyclic amines) is 1. The maximum Gasteiger partial charge on any atom is 0.287 e. The molecule has 2 amide bonds. The van der Waals surface area contributed by atoms with Crippen LogP contribution in [0.5, 0.6) is 0 Å². The lowest BCUT2D eigenvalue weighted by atomic mass is 9.85. The average molecular weight is 368 g/mol. The maximum atomic E-state index is 12.6. The van der Waals surface area contributed by atoms with Gasteiger partial charge in [0.1, 0.15) is 5.54 Å². The van der Waals surface area contributed by atoms with Crippen LogP contribution in [-0.4, -0.2) is 65.1 Å². The summed E-state index contributed by atoms with van der Waals surface area (Å²) < 4.78 is 0. The Balaban J connectivity index is 1.32. The predicted molar refractivity (Wildman–Crippen MR) is 101 cm³/mol. The van der Waals surface area contributed by atoms with E-state index in [0.29, 0.717) is 19.0 Å². The highest BCUT2D eigenvalue weighted by Gasteiger charge is 2.50. The fourth-order valence-corrected chi connectivity index (χ4v) is 3.98. The second-order valence-corrected chi connectivity index (χ2v) is 6.99. The second-order valence-electron chi connectivity index (χ2n) is 6.99. The van der Waals surface area contributed by atoms with Gasteiger partial charge in [-0.15, -0.1) is 0 Å². The number of anilines is 1. The van der Waals surface area contributed by atoms with Crippen LogP contribution >= 0.6 is 0 Å². The van der Waals surface area contributed by atoms with Crippen LogP contribution in [0.15, 0.2) is 42.7 Å². The van der Waals surface area contributed by atoms with E-state index >= 15 is 0 Å². The number of benzene rings is 1. The standard InChI is InChI=1S/C19H24N6O2/c26-17(16-20-8-9-21-16)22-10-13-24-11-6-19(7-12-24)18(27)23-14-25(19)15-4-2-1-3-5-15/h1-5,8-9H,6-7,10-14H2,(H,20,21)(H,22,26)(H,23,27). The molecule has 2 saturated heterocycles. The van der Waals surface area contributed by atoms with Crippen LogP contribution in [0.3, 0.4) is 0 Å². The molecule has 3 N–H and O–H groups in total. The van der Waals surface area contributed by atoms with Crippen LogP contribution in [0.2, 0.25) is 0 Å². The Bertz CT molecular complexity index is 784. The molecule has 1 spiro atoms. The number of nitrogens with zero attached hydrogens (tertiary/aromatic N) is 3. The molecule has 1 aromatic carbocycles. The van der Waals surface area contributed by atoms with E-state index < -0.39 is 5.54 Å². The third-order valence-electron chi connectivity index (χ3n) is 5.52. The summed E-state index contributed by atoms with van der Waals surface area (Å²) >= 11 is 0. The number of aromatic nitrogens is 2. The summed E-state index contributed by atoms with van der Waals surface area (Å²) in [4.78, 5) is 35.8. The van der Waals surface area contributed by atoms with Crippen LogP contribution in [0, 0.1) is 0 Å². The number of carbonyl (C=O) groups excluding carboxylic acids is 2. The van der Waals surface area contributed by atoms with Gasteiger partial charge in [-0.05, 0) is 25.0 Å². The van der Waals surface area contributed by atoms with E-state index in [1.165, 1.54) is 0 Å². The van der Waals surface area contributed by atoms with E-state index in [4.69, 9.17) is 0 Å². The summed E-state index contributed by atoms with van der Waals surface area (Å²) in [7, 11) is 0. The highest BCUT2D eigenvalue weighted by molar-refractivity contribution is 5.93. The molecule has 8 nitrogen and oxygen atoms in total. The van der Waals surface area contributed by atoms with Gasteiger partial charge in [-0.3, -0.25) is 9.59 Å². The molecule has 3 heterocycles. The van der Waals surface area contributed by atoms with Gasteiger partial charge in [0, 0.05) is 44.3 Å². The Kier molecular flexibility index (Phi) is 4.81. The summed E-state index contributed by atoms with van der Waals surface area (Å²) in [6.07, 6.45) is 4.74. The summed E-state index contributed by atoms with van der Waals surface area (Å²) in [6, 6.07) is 10.1. The largest absolute Gasteiger partial charge is 0.348 e. The van der Waals surface area contributed by atoms with Crippen molar-refractivity contribution in [1.29, 1.82) is 0 Å². The zero-order chi connectivity index (χ0) is 18.7. The Morgan fingerprint density at radius 1 is 1.22 bits per heavy atom. The lowest BCUT2D eigenvalue weighted by Crippen LogP contribution is -2.57. The Hall–Kier alpha value is -2.87. The zero-order valence-electron chi connectivity index (χ0n) is 15.1. The first-order valence-electron chi connectivity index (χ1n) is 9.30. The molecule has 2 aromatic rings. The number of rotatable bonds is 5. The highest BCUT2D eigenvalue weighted by atomic mass is 16.2. The first-order valence-corrected chi connectivity index (χ1v) is 9.30. The second kappa shape index (κ2) is 7.40. The van der Waals surface area contributed by atoms with Gasteiger partial charge in [-0.2, -0.15) is 0 Å². The van der Waals surface area contributed by atoms with Crippen molar-refractivity contribution in [3.8, 4) is 0 Å². The van der Waals surface area contributed by atoms with E-state index in [1.54, 1.807) is 12.4 Å². The third-order valence-corrected chi connectivity index (χ3v) is 5.52. The van der Waals surface area contributed by atoms with E-state index in [-0.39, 0.29) is 11.8 Å². The van der Waals surface area contributed by atoms with Crippen LogP contribution in [0.1, 0.15) is 23.5 Å².